The number of benzene rings is 2. The van der Waals surface area contributed by atoms with Gasteiger partial charge in [0.05, 0.1) is 6.04 Å². The molecule has 1 heterocycles. The summed E-state index contributed by atoms with van der Waals surface area (Å²) in [7, 11) is 7.99. The molecule has 1 saturated heterocycles. The van der Waals surface area contributed by atoms with Crippen molar-refractivity contribution in [3.8, 4) is 0 Å². The van der Waals surface area contributed by atoms with E-state index in [0.717, 1.165) is 27.6 Å². The summed E-state index contributed by atoms with van der Waals surface area (Å²) < 4.78 is 0. The first kappa shape index (κ1) is 23.2. The third kappa shape index (κ3) is 5.48. The van der Waals surface area contributed by atoms with E-state index in [1.54, 1.807) is 0 Å². The summed E-state index contributed by atoms with van der Waals surface area (Å²) >= 11 is 0. The van der Waals surface area contributed by atoms with Gasteiger partial charge in [0.2, 0.25) is 0 Å². The van der Waals surface area contributed by atoms with Gasteiger partial charge >= 0.3 is 0 Å². The molecule has 0 bridgehead atoms. The first-order valence-electron chi connectivity index (χ1n) is 9.15. The fourth-order valence-corrected chi connectivity index (χ4v) is 3.30. The maximum atomic E-state index is 12.4. The Kier molecular flexibility index (Phi) is 8.32. The minimum absolute atomic E-state index is 0. The number of carbonyl (C=O) groups excluding carboxylic acids is 1. The van der Waals surface area contributed by atoms with Crippen LogP contribution in [0.15, 0.2) is 48.5 Å². The number of rotatable bonds is 6. The van der Waals surface area contributed by atoms with Crippen molar-refractivity contribution in [3.63, 3.8) is 0 Å². The summed E-state index contributed by atoms with van der Waals surface area (Å²) in [5, 5.41) is 14.3. The van der Waals surface area contributed by atoms with Crippen LogP contribution < -0.4 is 15.1 Å². The van der Waals surface area contributed by atoms with Gasteiger partial charge in [0.1, 0.15) is 6.17 Å². The van der Waals surface area contributed by atoms with Crippen LogP contribution in [0.4, 0.5) is 11.4 Å². The molecule has 1 fully saturated rings. The molecule has 0 unspecified atom stereocenters. The van der Waals surface area contributed by atoms with Crippen LogP contribution in [-0.2, 0) is 17.6 Å². The van der Waals surface area contributed by atoms with Gasteiger partial charge in [0.25, 0.3) is 5.91 Å². The molecule has 1 amide bonds. The SMILES string of the molecule is CN(C)c1ccc(C[C@@H]2N[C@@H](Cc3ccc(N(C)C)cc3)N(O)C2=O)cc1.[Ac]. The fraction of sp³-hybridized carbons (Fsp3) is 0.381. The van der Waals surface area contributed by atoms with Crippen LogP contribution in [0, 0.1) is 44.1 Å². The number of hydrogen-bond acceptors (Lipinski definition) is 5. The van der Waals surface area contributed by atoms with Crippen molar-refractivity contribution in [2.24, 2.45) is 0 Å². The van der Waals surface area contributed by atoms with Gasteiger partial charge < -0.3 is 9.80 Å². The zero-order chi connectivity index (χ0) is 19.6. The standard InChI is InChI=1S/C21H28N4O2.Ac/c1-23(2)17-9-5-15(6-10-17)13-19-21(26)25(27)20(22-19)14-16-7-11-18(12-8-16)24(3)4;/h5-12,19-20,22,27H,13-14H2,1-4H3;/t19-,20+;/m0./s1. The molecule has 3 rings (SSSR count). The van der Waals surface area contributed by atoms with Crippen molar-refractivity contribution < 1.29 is 54.1 Å². The molecular weight excluding hydrogens is 567 g/mol. The van der Waals surface area contributed by atoms with E-state index in [1.165, 1.54) is 0 Å². The number of carbonyl (C=O) groups is 1. The Morgan fingerprint density at radius 1 is 0.857 bits per heavy atom. The summed E-state index contributed by atoms with van der Waals surface area (Å²) in [6.07, 6.45) is 0.708. The third-order valence-corrected chi connectivity index (χ3v) is 4.99. The number of hydrogen-bond donors (Lipinski definition) is 2. The van der Waals surface area contributed by atoms with Gasteiger partial charge in [-0.1, -0.05) is 24.3 Å². The maximum Gasteiger partial charge on any atom is 0.264 e. The number of anilines is 2. The van der Waals surface area contributed by atoms with E-state index < -0.39 is 12.2 Å². The summed E-state index contributed by atoms with van der Waals surface area (Å²) in [5.74, 6) is -0.276. The Labute approximate surface area is 203 Å². The second-order valence-electron chi connectivity index (χ2n) is 7.45. The van der Waals surface area contributed by atoms with Gasteiger partial charge in [-0.15, -0.1) is 0 Å². The van der Waals surface area contributed by atoms with Crippen molar-refractivity contribution in [1.82, 2.24) is 10.4 Å². The van der Waals surface area contributed by atoms with E-state index >= 15 is 0 Å². The van der Waals surface area contributed by atoms with Crippen molar-refractivity contribution in [2.75, 3.05) is 38.0 Å². The van der Waals surface area contributed by atoms with E-state index in [-0.39, 0.29) is 50.0 Å². The number of nitrogens with one attached hydrogen (secondary N) is 1. The predicted octanol–water partition coefficient (Wildman–Crippen LogP) is 2.12. The fourth-order valence-electron chi connectivity index (χ4n) is 3.30. The van der Waals surface area contributed by atoms with Crippen LogP contribution in [0.2, 0.25) is 0 Å². The molecule has 1 radical (unpaired) electrons. The summed E-state index contributed by atoms with van der Waals surface area (Å²) in [6.45, 7) is 0. The summed E-state index contributed by atoms with van der Waals surface area (Å²) in [5.41, 5.74) is 4.37. The molecule has 2 aromatic carbocycles. The average Bonchev–Trinajstić information content (AvgIpc) is 2.90. The molecule has 0 aromatic heterocycles. The minimum Gasteiger partial charge on any atom is -0.378 e. The first-order chi connectivity index (χ1) is 12.8. The summed E-state index contributed by atoms with van der Waals surface area (Å²) in [4.78, 5) is 16.5. The molecule has 0 saturated carbocycles. The molecule has 28 heavy (non-hydrogen) atoms. The van der Waals surface area contributed by atoms with Crippen LogP contribution >= 0.6 is 0 Å². The van der Waals surface area contributed by atoms with Gasteiger partial charge in [-0.2, -0.15) is 0 Å². The molecule has 2 atom stereocenters. The van der Waals surface area contributed by atoms with Crippen LogP contribution in [0.3, 0.4) is 0 Å². The molecular formula is C21H28AcN4O2. The molecule has 0 aliphatic carbocycles. The van der Waals surface area contributed by atoms with E-state index in [2.05, 4.69) is 5.32 Å². The monoisotopic (exact) mass is 595 g/mol. The van der Waals surface area contributed by atoms with Crippen molar-refractivity contribution >= 4 is 17.3 Å². The van der Waals surface area contributed by atoms with Crippen LogP contribution in [0.5, 0.6) is 0 Å². The largest absolute Gasteiger partial charge is 0.378 e. The zero-order valence-corrected chi connectivity index (χ0v) is 21.7. The Bertz CT molecular complexity index is 778. The van der Waals surface area contributed by atoms with E-state index in [1.807, 2.05) is 86.5 Å². The van der Waals surface area contributed by atoms with Gasteiger partial charge in [0, 0.05) is 90.0 Å². The van der Waals surface area contributed by atoms with Crippen molar-refractivity contribution in [1.29, 1.82) is 0 Å². The molecule has 0 spiro atoms. The smallest absolute Gasteiger partial charge is 0.264 e. The van der Waals surface area contributed by atoms with Gasteiger partial charge in [-0.3, -0.25) is 15.3 Å². The minimum atomic E-state index is -0.411. The number of amides is 1. The first-order valence-corrected chi connectivity index (χ1v) is 9.15. The van der Waals surface area contributed by atoms with Gasteiger partial charge in [-0.05, 0) is 41.8 Å². The third-order valence-electron chi connectivity index (χ3n) is 4.99. The molecule has 6 nitrogen and oxygen atoms in total. The van der Waals surface area contributed by atoms with Crippen LogP contribution in [0.1, 0.15) is 11.1 Å². The zero-order valence-electron chi connectivity index (χ0n) is 17.0. The van der Waals surface area contributed by atoms with Crippen molar-refractivity contribution in [3.05, 3.63) is 59.7 Å². The second kappa shape index (κ2) is 10.1. The molecule has 1 aliphatic rings. The molecule has 7 heteroatoms. The Morgan fingerprint density at radius 3 is 1.71 bits per heavy atom. The summed E-state index contributed by atoms with van der Waals surface area (Å²) in [6, 6.07) is 15.9. The average molecular weight is 595 g/mol. The van der Waals surface area contributed by atoms with Gasteiger partial charge in [0.15, 0.2) is 0 Å². The van der Waals surface area contributed by atoms with E-state index in [4.69, 9.17) is 0 Å². The van der Waals surface area contributed by atoms with Gasteiger partial charge in [-0.25, -0.2) is 5.06 Å². The van der Waals surface area contributed by atoms with Crippen molar-refractivity contribution in [2.45, 2.75) is 25.0 Å². The van der Waals surface area contributed by atoms with E-state index in [9.17, 15) is 10.0 Å². The van der Waals surface area contributed by atoms with Crippen LogP contribution in [-0.4, -0.2) is 56.6 Å². The Balaban J connectivity index is 0.00000280. The molecule has 2 aromatic rings. The Hall–Kier alpha value is -1.13. The topological polar surface area (TPSA) is 59.1 Å². The Morgan fingerprint density at radius 2 is 1.29 bits per heavy atom. The normalized spacial score (nSPS) is 18.8. The molecule has 2 N–H and O–H groups in total. The second-order valence-corrected chi connectivity index (χ2v) is 7.45. The number of hydroxylamine groups is 2. The van der Waals surface area contributed by atoms with E-state index in [0.29, 0.717) is 12.8 Å². The predicted molar refractivity (Wildman–Crippen MR) is 108 cm³/mol. The van der Waals surface area contributed by atoms with Crippen LogP contribution in [0.25, 0.3) is 0 Å². The maximum absolute atomic E-state index is 12.4. The molecule has 147 valence electrons. The number of nitrogens with zero attached hydrogens (tertiary/aromatic N) is 3. The molecule has 1 aliphatic heterocycles. The quantitative estimate of drug-likeness (QED) is 0.502.